The molecule has 162 valence electrons. The Hall–Kier alpha value is -3.55. The first kappa shape index (κ1) is 19.2. The van der Waals surface area contributed by atoms with E-state index in [1.54, 1.807) is 6.20 Å². The summed E-state index contributed by atoms with van der Waals surface area (Å²) >= 11 is 0. The molecule has 3 N–H and O–H groups in total. The van der Waals surface area contributed by atoms with Gasteiger partial charge in [0, 0.05) is 28.6 Å². The summed E-state index contributed by atoms with van der Waals surface area (Å²) < 4.78 is 13.9. The molecule has 4 aromatic rings. The highest BCUT2D eigenvalue weighted by Gasteiger charge is 2.47. The van der Waals surface area contributed by atoms with Crippen LogP contribution in [0.4, 0.5) is 10.2 Å². The van der Waals surface area contributed by atoms with Crippen molar-refractivity contribution >= 4 is 33.7 Å². The number of nitrogens with zero attached hydrogens (tertiary/aromatic N) is 3. The van der Waals surface area contributed by atoms with Gasteiger partial charge in [0.05, 0.1) is 17.6 Å². The van der Waals surface area contributed by atoms with Crippen LogP contribution in [0.25, 0.3) is 33.3 Å². The van der Waals surface area contributed by atoms with Crippen molar-refractivity contribution in [3.8, 4) is 11.4 Å². The van der Waals surface area contributed by atoms with Gasteiger partial charge < -0.3 is 15.4 Å². The SMILES string of the molecule is O=C(O)C1C2CCC(CC2)C1Nc1nc(-c2c[nH]c3ncc(F)cc23)nc2ccccc12. The molecule has 0 spiro atoms. The molecule has 3 heterocycles. The molecule has 0 radical (unpaired) electrons. The van der Waals surface area contributed by atoms with Gasteiger partial charge in [-0.1, -0.05) is 12.1 Å². The highest BCUT2D eigenvalue weighted by molar-refractivity contribution is 5.95. The molecule has 0 aliphatic heterocycles. The Balaban J connectivity index is 1.48. The summed E-state index contributed by atoms with van der Waals surface area (Å²) in [7, 11) is 0. The molecule has 3 fully saturated rings. The Kier molecular flexibility index (Phi) is 4.34. The number of rotatable bonds is 4. The first-order valence-electron chi connectivity index (χ1n) is 11.0. The van der Waals surface area contributed by atoms with E-state index < -0.39 is 17.7 Å². The maximum Gasteiger partial charge on any atom is 0.308 e. The van der Waals surface area contributed by atoms with Crippen LogP contribution in [-0.4, -0.2) is 37.1 Å². The minimum atomic E-state index is -0.742. The Morgan fingerprint density at radius 2 is 1.88 bits per heavy atom. The van der Waals surface area contributed by atoms with Crippen LogP contribution in [-0.2, 0) is 4.79 Å². The molecule has 2 atom stereocenters. The smallest absolute Gasteiger partial charge is 0.308 e. The predicted octanol–water partition coefficient (Wildman–Crippen LogP) is 4.61. The normalized spacial score (nSPS) is 24.8. The van der Waals surface area contributed by atoms with Crippen molar-refractivity contribution in [3.05, 3.63) is 48.5 Å². The largest absolute Gasteiger partial charge is 0.481 e. The molecule has 1 aromatic carbocycles. The van der Waals surface area contributed by atoms with Gasteiger partial charge >= 0.3 is 5.97 Å². The standard InChI is InChI=1S/C24H22FN5O2/c25-14-9-16-17(11-27-21(16)26-10-14)23-28-18-4-2-1-3-15(18)22(30-23)29-20-13-7-5-12(6-8-13)19(20)24(31)32/h1-4,9-13,19-20H,5-8H2,(H,26,27)(H,31,32)(H,28,29,30). The van der Waals surface area contributed by atoms with E-state index in [9.17, 15) is 14.3 Å². The molecule has 3 aromatic heterocycles. The van der Waals surface area contributed by atoms with Crippen LogP contribution in [0, 0.1) is 23.6 Å². The fourth-order valence-electron chi connectivity index (χ4n) is 5.64. The zero-order valence-electron chi connectivity index (χ0n) is 17.3. The minimum Gasteiger partial charge on any atom is -0.481 e. The zero-order valence-corrected chi connectivity index (χ0v) is 17.3. The van der Waals surface area contributed by atoms with Gasteiger partial charge in [-0.25, -0.2) is 19.3 Å². The third-order valence-corrected chi connectivity index (χ3v) is 7.15. The molecule has 7 nitrogen and oxygen atoms in total. The van der Waals surface area contributed by atoms with Crippen LogP contribution in [0.3, 0.4) is 0 Å². The third-order valence-electron chi connectivity index (χ3n) is 7.15. The quantitative estimate of drug-likeness (QED) is 0.436. The van der Waals surface area contributed by atoms with Gasteiger partial charge in [0.2, 0.25) is 0 Å². The number of hydrogen-bond donors (Lipinski definition) is 3. The molecule has 3 saturated carbocycles. The number of halogens is 1. The number of fused-ring (bicyclic) bond motifs is 5. The lowest BCUT2D eigenvalue weighted by Gasteiger charge is -2.47. The number of H-pyrrole nitrogens is 1. The van der Waals surface area contributed by atoms with E-state index in [1.807, 2.05) is 24.3 Å². The second-order valence-electron chi connectivity index (χ2n) is 8.87. The molecule has 32 heavy (non-hydrogen) atoms. The second kappa shape index (κ2) is 7.25. The van der Waals surface area contributed by atoms with Crippen molar-refractivity contribution in [2.45, 2.75) is 31.7 Å². The lowest BCUT2D eigenvalue weighted by atomic mass is 9.61. The van der Waals surface area contributed by atoms with Crippen molar-refractivity contribution in [1.82, 2.24) is 19.9 Å². The van der Waals surface area contributed by atoms with Crippen LogP contribution in [0.2, 0.25) is 0 Å². The molecule has 0 saturated heterocycles. The highest BCUT2D eigenvalue weighted by Crippen LogP contribution is 2.46. The molecule has 2 bridgehead atoms. The van der Waals surface area contributed by atoms with Crippen molar-refractivity contribution in [3.63, 3.8) is 0 Å². The molecule has 7 rings (SSSR count). The lowest BCUT2D eigenvalue weighted by Crippen LogP contribution is -2.51. The summed E-state index contributed by atoms with van der Waals surface area (Å²) in [5, 5.41) is 14.9. The maximum absolute atomic E-state index is 13.9. The highest BCUT2D eigenvalue weighted by atomic mass is 19.1. The zero-order chi connectivity index (χ0) is 21.8. The molecule has 2 unspecified atom stereocenters. The van der Waals surface area contributed by atoms with Crippen LogP contribution in [0.15, 0.2) is 42.7 Å². The van der Waals surface area contributed by atoms with Crippen molar-refractivity contribution < 1.29 is 14.3 Å². The van der Waals surface area contributed by atoms with Gasteiger partial charge in [-0.2, -0.15) is 0 Å². The summed E-state index contributed by atoms with van der Waals surface area (Å²) in [6.45, 7) is 0. The molecule has 0 amide bonds. The predicted molar refractivity (Wildman–Crippen MR) is 119 cm³/mol. The van der Waals surface area contributed by atoms with E-state index in [0.717, 1.165) is 36.6 Å². The van der Waals surface area contributed by atoms with Gasteiger partial charge in [0.25, 0.3) is 0 Å². The Labute approximate surface area is 183 Å². The Morgan fingerprint density at radius 1 is 1.09 bits per heavy atom. The summed E-state index contributed by atoms with van der Waals surface area (Å²) in [5.41, 5.74) is 1.95. The number of aromatic amines is 1. The molecule has 8 heteroatoms. The number of pyridine rings is 1. The number of para-hydroxylation sites is 1. The minimum absolute atomic E-state index is 0.173. The summed E-state index contributed by atoms with van der Waals surface area (Å²) in [6.07, 6.45) is 6.92. The van der Waals surface area contributed by atoms with Crippen LogP contribution >= 0.6 is 0 Å². The van der Waals surface area contributed by atoms with E-state index >= 15 is 0 Å². The number of carboxylic acid groups (broad SMARTS) is 1. The molecule has 3 aliphatic rings. The lowest BCUT2D eigenvalue weighted by molar-refractivity contribution is -0.148. The molecule has 3 aliphatic carbocycles. The number of aliphatic carboxylic acids is 1. The fourth-order valence-corrected chi connectivity index (χ4v) is 5.64. The van der Waals surface area contributed by atoms with E-state index in [2.05, 4.69) is 15.3 Å². The van der Waals surface area contributed by atoms with Gasteiger partial charge in [0.15, 0.2) is 5.82 Å². The average Bonchev–Trinajstić information content (AvgIpc) is 3.22. The number of carbonyl (C=O) groups is 1. The topological polar surface area (TPSA) is 104 Å². The average molecular weight is 431 g/mol. The monoisotopic (exact) mass is 431 g/mol. The van der Waals surface area contributed by atoms with Gasteiger partial charge in [-0.3, -0.25) is 4.79 Å². The Morgan fingerprint density at radius 3 is 2.69 bits per heavy atom. The van der Waals surface area contributed by atoms with Crippen molar-refractivity contribution in [1.29, 1.82) is 0 Å². The van der Waals surface area contributed by atoms with E-state index in [0.29, 0.717) is 34.2 Å². The third kappa shape index (κ3) is 3.01. The van der Waals surface area contributed by atoms with Gasteiger partial charge in [0.1, 0.15) is 17.3 Å². The summed E-state index contributed by atoms with van der Waals surface area (Å²) in [4.78, 5) is 28.8. The fraction of sp³-hybridized carbons (Fsp3) is 0.333. The van der Waals surface area contributed by atoms with E-state index in [4.69, 9.17) is 9.97 Å². The maximum atomic E-state index is 13.9. The number of benzene rings is 1. The number of nitrogens with one attached hydrogen (secondary N) is 2. The van der Waals surface area contributed by atoms with Crippen molar-refractivity contribution in [2.24, 2.45) is 17.8 Å². The molecular formula is C24H22FN5O2. The first-order chi connectivity index (χ1) is 15.6. The van der Waals surface area contributed by atoms with Crippen LogP contribution < -0.4 is 5.32 Å². The van der Waals surface area contributed by atoms with Gasteiger partial charge in [-0.15, -0.1) is 0 Å². The second-order valence-corrected chi connectivity index (χ2v) is 8.87. The number of carboxylic acids is 1. The number of anilines is 1. The van der Waals surface area contributed by atoms with Gasteiger partial charge in [-0.05, 0) is 55.7 Å². The molecular weight excluding hydrogens is 409 g/mol. The number of hydrogen-bond acceptors (Lipinski definition) is 5. The van der Waals surface area contributed by atoms with Crippen LogP contribution in [0.5, 0.6) is 0 Å². The summed E-state index contributed by atoms with van der Waals surface area (Å²) in [6, 6.07) is 8.91. The Bertz CT molecular complexity index is 1340. The van der Waals surface area contributed by atoms with Crippen LogP contribution in [0.1, 0.15) is 25.7 Å². The van der Waals surface area contributed by atoms with E-state index in [1.165, 1.54) is 12.3 Å². The number of aromatic nitrogens is 4. The van der Waals surface area contributed by atoms with Crippen molar-refractivity contribution in [2.75, 3.05) is 5.32 Å². The summed E-state index contributed by atoms with van der Waals surface area (Å²) in [5.74, 6) is -0.0274. The van der Waals surface area contributed by atoms with E-state index in [-0.39, 0.29) is 12.0 Å². The first-order valence-corrected chi connectivity index (χ1v) is 11.0.